The molecule has 0 spiro atoms. The maximum atomic E-state index is 10.5. The predicted octanol–water partition coefficient (Wildman–Crippen LogP) is -0.650. The molecule has 6 heteroatoms. The van der Waals surface area contributed by atoms with Gasteiger partial charge >= 0.3 is 8.80 Å². The zero-order valence-electron chi connectivity index (χ0n) is 6.92. The number of carbonyl (C=O) groups excluding carboxylic acids is 1. The standard InChI is InChI=1S/C5H13NO4Si/c1-8-11(9-2,10-3)4-5(6)7/h4H2,1-3H3,(H2,6,7). The van der Waals surface area contributed by atoms with Crippen LogP contribution in [-0.4, -0.2) is 36.0 Å². The predicted molar refractivity (Wildman–Crippen MR) is 40.8 cm³/mol. The topological polar surface area (TPSA) is 70.8 Å². The van der Waals surface area contributed by atoms with Gasteiger partial charge in [-0.15, -0.1) is 0 Å². The second-order valence-electron chi connectivity index (χ2n) is 1.94. The number of primary amides is 1. The Bertz CT molecular complexity index is 128. The van der Waals surface area contributed by atoms with E-state index in [2.05, 4.69) is 0 Å². The Morgan fingerprint density at radius 1 is 1.27 bits per heavy atom. The fourth-order valence-electron chi connectivity index (χ4n) is 0.680. The van der Waals surface area contributed by atoms with Crippen molar-refractivity contribution in [3.05, 3.63) is 0 Å². The van der Waals surface area contributed by atoms with Crippen LogP contribution >= 0.6 is 0 Å². The quantitative estimate of drug-likeness (QED) is 0.569. The molecule has 0 aliphatic heterocycles. The molecule has 0 bridgehead atoms. The van der Waals surface area contributed by atoms with E-state index in [0.717, 1.165) is 0 Å². The molecule has 2 N–H and O–H groups in total. The molecule has 0 aromatic carbocycles. The minimum atomic E-state index is -2.76. The first-order valence-electron chi connectivity index (χ1n) is 3.04. The molecule has 0 unspecified atom stereocenters. The highest BCUT2D eigenvalue weighted by atomic mass is 28.4. The van der Waals surface area contributed by atoms with Crippen LogP contribution in [0.15, 0.2) is 0 Å². The Balaban J connectivity index is 4.16. The first kappa shape index (κ1) is 10.6. The summed E-state index contributed by atoms with van der Waals surface area (Å²) in [6.45, 7) is 0. The summed E-state index contributed by atoms with van der Waals surface area (Å²) in [6.07, 6.45) is 0. The maximum Gasteiger partial charge on any atom is 0.509 e. The van der Waals surface area contributed by atoms with Crippen molar-refractivity contribution in [3.63, 3.8) is 0 Å². The highest BCUT2D eigenvalue weighted by Gasteiger charge is 2.39. The summed E-state index contributed by atoms with van der Waals surface area (Å²) < 4.78 is 14.8. The van der Waals surface area contributed by atoms with Crippen LogP contribution in [0.5, 0.6) is 0 Å². The van der Waals surface area contributed by atoms with Crippen molar-refractivity contribution in [1.29, 1.82) is 0 Å². The van der Waals surface area contributed by atoms with Crippen molar-refractivity contribution in [2.75, 3.05) is 21.3 Å². The third kappa shape index (κ3) is 2.98. The van der Waals surface area contributed by atoms with Gasteiger partial charge in [0.1, 0.15) is 0 Å². The van der Waals surface area contributed by atoms with Gasteiger partial charge in [0, 0.05) is 21.3 Å². The van der Waals surface area contributed by atoms with Gasteiger partial charge in [0.25, 0.3) is 0 Å². The summed E-state index contributed by atoms with van der Waals surface area (Å²) in [7, 11) is 1.54. The SMILES string of the molecule is CO[Si](CC(N)=O)(OC)OC. The normalized spacial score (nSPS) is 11.5. The van der Waals surface area contributed by atoms with Crippen LogP contribution in [0, 0.1) is 0 Å². The van der Waals surface area contributed by atoms with Crippen LogP contribution in [0.25, 0.3) is 0 Å². The van der Waals surface area contributed by atoms with Gasteiger partial charge in [0.05, 0.1) is 6.04 Å². The molecule has 0 aromatic heterocycles. The molecule has 1 amide bonds. The fourth-order valence-corrected chi connectivity index (χ4v) is 2.04. The molecule has 0 radical (unpaired) electrons. The van der Waals surface area contributed by atoms with Gasteiger partial charge in [-0.1, -0.05) is 0 Å². The van der Waals surface area contributed by atoms with Crippen LogP contribution < -0.4 is 5.73 Å². The van der Waals surface area contributed by atoms with E-state index in [0.29, 0.717) is 0 Å². The van der Waals surface area contributed by atoms with Gasteiger partial charge in [-0.2, -0.15) is 0 Å². The first-order chi connectivity index (χ1) is 5.10. The Kier molecular flexibility index (Phi) is 4.27. The van der Waals surface area contributed by atoms with Crippen LogP contribution in [0.3, 0.4) is 0 Å². The van der Waals surface area contributed by atoms with E-state index in [1.807, 2.05) is 0 Å². The second-order valence-corrected chi connectivity index (χ2v) is 4.88. The van der Waals surface area contributed by atoms with Gasteiger partial charge < -0.3 is 19.0 Å². The second kappa shape index (κ2) is 4.45. The monoisotopic (exact) mass is 179 g/mol. The minimum absolute atomic E-state index is 0.0104. The lowest BCUT2D eigenvalue weighted by Crippen LogP contribution is -2.45. The molecule has 0 saturated carbocycles. The number of rotatable bonds is 5. The zero-order chi connectivity index (χ0) is 8.91. The van der Waals surface area contributed by atoms with Crippen molar-refractivity contribution in [3.8, 4) is 0 Å². The summed E-state index contributed by atoms with van der Waals surface area (Å²) >= 11 is 0. The molecule has 66 valence electrons. The average molecular weight is 179 g/mol. The molecule has 11 heavy (non-hydrogen) atoms. The van der Waals surface area contributed by atoms with Gasteiger partial charge in [-0.05, 0) is 0 Å². The van der Waals surface area contributed by atoms with E-state index in [1.54, 1.807) is 0 Å². The third-order valence-corrected chi connectivity index (χ3v) is 3.97. The third-order valence-electron chi connectivity index (χ3n) is 1.32. The molecule has 0 aromatic rings. The van der Waals surface area contributed by atoms with Crippen LogP contribution in [-0.2, 0) is 18.1 Å². The van der Waals surface area contributed by atoms with E-state index in [9.17, 15) is 4.79 Å². The molecular weight excluding hydrogens is 166 g/mol. The van der Waals surface area contributed by atoms with Crippen molar-refractivity contribution < 1.29 is 18.1 Å². The zero-order valence-corrected chi connectivity index (χ0v) is 7.92. The minimum Gasteiger partial charge on any atom is -0.377 e. The van der Waals surface area contributed by atoms with Gasteiger partial charge in [0.15, 0.2) is 0 Å². The smallest absolute Gasteiger partial charge is 0.377 e. The molecule has 0 aliphatic carbocycles. The molecule has 0 saturated heterocycles. The van der Waals surface area contributed by atoms with Crippen LogP contribution in [0.1, 0.15) is 0 Å². The number of hydrogen-bond donors (Lipinski definition) is 1. The summed E-state index contributed by atoms with van der Waals surface area (Å²) in [6, 6.07) is 0.0104. The van der Waals surface area contributed by atoms with E-state index >= 15 is 0 Å². The Labute approximate surface area is 66.8 Å². The Morgan fingerprint density at radius 3 is 1.73 bits per heavy atom. The number of carbonyl (C=O) groups is 1. The first-order valence-corrected chi connectivity index (χ1v) is 4.97. The van der Waals surface area contributed by atoms with Gasteiger partial charge in [-0.3, -0.25) is 4.79 Å². The highest BCUT2D eigenvalue weighted by Crippen LogP contribution is 2.10. The molecule has 5 nitrogen and oxygen atoms in total. The van der Waals surface area contributed by atoms with Gasteiger partial charge in [0.2, 0.25) is 5.91 Å². The highest BCUT2D eigenvalue weighted by molar-refractivity contribution is 6.64. The van der Waals surface area contributed by atoms with Gasteiger partial charge in [-0.25, -0.2) is 0 Å². The number of hydrogen-bond acceptors (Lipinski definition) is 4. The summed E-state index contributed by atoms with van der Waals surface area (Å²) in [5.74, 6) is -0.484. The lowest BCUT2D eigenvalue weighted by molar-refractivity contribution is -0.116. The van der Waals surface area contributed by atoms with E-state index < -0.39 is 14.7 Å². The van der Waals surface area contributed by atoms with E-state index in [1.165, 1.54) is 21.3 Å². The Hall–Kier alpha value is -0.433. The largest absolute Gasteiger partial charge is 0.509 e. The Morgan fingerprint density at radius 2 is 1.64 bits per heavy atom. The average Bonchev–Trinajstić information content (AvgIpc) is 2.00. The number of amides is 1. The molecule has 0 heterocycles. The summed E-state index contributed by atoms with van der Waals surface area (Å²) in [5.41, 5.74) is 4.96. The maximum absolute atomic E-state index is 10.5. The molecule has 0 aliphatic rings. The van der Waals surface area contributed by atoms with Crippen LogP contribution in [0.2, 0.25) is 6.04 Å². The van der Waals surface area contributed by atoms with Crippen LogP contribution in [0.4, 0.5) is 0 Å². The van der Waals surface area contributed by atoms with Crippen molar-refractivity contribution in [2.45, 2.75) is 6.04 Å². The van der Waals surface area contributed by atoms with Crippen molar-refractivity contribution >= 4 is 14.7 Å². The lowest BCUT2D eigenvalue weighted by atomic mass is 10.8. The summed E-state index contributed by atoms with van der Waals surface area (Å²) in [4.78, 5) is 10.5. The van der Waals surface area contributed by atoms with Crippen molar-refractivity contribution in [1.82, 2.24) is 0 Å². The molecule has 0 fully saturated rings. The molecular formula is C5H13NO4Si. The molecule has 0 rings (SSSR count). The summed E-state index contributed by atoms with van der Waals surface area (Å²) in [5, 5.41) is 0. The van der Waals surface area contributed by atoms with E-state index in [-0.39, 0.29) is 6.04 Å². The van der Waals surface area contributed by atoms with E-state index in [4.69, 9.17) is 19.0 Å². The molecule has 0 atom stereocenters. The fraction of sp³-hybridized carbons (Fsp3) is 0.800. The number of nitrogens with two attached hydrogens (primary N) is 1. The van der Waals surface area contributed by atoms with Crippen molar-refractivity contribution in [2.24, 2.45) is 5.73 Å². The lowest BCUT2D eigenvalue weighted by Gasteiger charge is -2.22.